The topological polar surface area (TPSA) is 41.6 Å². The Morgan fingerprint density at radius 2 is 1.80 bits per heavy atom. The van der Waals surface area contributed by atoms with Crippen LogP contribution in [-0.2, 0) is 10.2 Å². The summed E-state index contributed by atoms with van der Waals surface area (Å²) in [6, 6.07) is 9.16. The van der Waals surface area contributed by atoms with E-state index in [9.17, 15) is 4.79 Å². The fourth-order valence-corrected chi connectivity index (χ4v) is 3.69. The van der Waals surface area contributed by atoms with Gasteiger partial charge in [0, 0.05) is 25.2 Å². The zero-order valence-electron chi connectivity index (χ0n) is 15.7. The van der Waals surface area contributed by atoms with E-state index in [1.165, 1.54) is 18.4 Å². The first-order chi connectivity index (χ1) is 11.3. The highest BCUT2D eigenvalue weighted by molar-refractivity contribution is 5.85. The third-order valence-corrected chi connectivity index (χ3v) is 5.22. The minimum absolute atomic E-state index is 0. The van der Waals surface area contributed by atoms with E-state index in [-0.39, 0.29) is 23.7 Å². The highest BCUT2D eigenvalue weighted by atomic mass is 35.5. The van der Waals surface area contributed by atoms with E-state index in [4.69, 9.17) is 4.74 Å². The maximum atomic E-state index is 12.7. The Hall–Kier alpha value is -1.26. The van der Waals surface area contributed by atoms with Gasteiger partial charge in [0.1, 0.15) is 5.75 Å². The van der Waals surface area contributed by atoms with Gasteiger partial charge < -0.3 is 15.0 Å². The lowest BCUT2D eigenvalue weighted by Gasteiger charge is -2.27. The van der Waals surface area contributed by atoms with Crippen LogP contribution < -0.4 is 10.1 Å². The molecule has 2 saturated heterocycles. The number of ether oxygens (including phenoxy) is 1. The summed E-state index contributed by atoms with van der Waals surface area (Å²) < 4.78 is 5.91. The number of carbonyl (C=O) groups excluding carboxylic acids is 1. The number of fused-ring (bicyclic) bond motifs is 2. The van der Waals surface area contributed by atoms with Crippen molar-refractivity contribution in [3.05, 3.63) is 29.8 Å². The van der Waals surface area contributed by atoms with E-state index >= 15 is 0 Å². The van der Waals surface area contributed by atoms with Gasteiger partial charge in [0.2, 0.25) is 0 Å². The molecule has 0 radical (unpaired) electrons. The van der Waals surface area contributed by atoms with Crippen LogP contribution >= 0.6 is 12.4 Å². The summed E-state index contributed by atoms with van der Waals surface area (Å²) in [4.78, 5) is 14.7. The van der Waals surface area contributed by atoms with Crippen molar-refractivity contribution in [2.75, 3.05) is 13.1 Å². The molecule has 2 bridgehead atoms. The smallest absolute Gasteiger partial charge is 0.263 e. The van der Waals surface area contributed by atoms with Gasteiger partial charge in [-0.3, -0.25) is 4.79 Å². The van der Waals surface area contributed by atoms with Crippen LogP contribution in [0.2, 0.25) is 0 Å². The predicted molar refractivity (Wildman–Crippen MR) is 104 cm³/mol. The number of halogens is 1. The molecule has 140 valence electrons. The number of carbonyl (C=O) groups is 1. The van der Waals surface area contributed by atoms with Crippen molar-refractivity contribution in [3.8, 4) is 5.75 Å². The number of nitrogens with zero attached hydrogens (tertiary/aromatic N) is 1. The molecule has 3 atom stereocenters. The van der Waals surface area contributed by atoms with Crippen molar-refractivity contribution in [2.45, 2.75) is 70.6 Å². The van der Waals surface area contributed by atoms with Gasteiger partial charge in [-0.1, -0.05) is 32.9 Å². The van der Waals surface area contributed by atoms with Crippen LogP contribution in [0.1, 0.15) is 52.5 Å². The van der Waals surface area contributed by atoms with E-state index in [0.29, 0.717) is 12.1 Å². The maximum absolute atomic E-state index is 12.7. The molecule has 5 heteroatoms. The highest BCUT2D eigenvalue weighted by Crippen LogP contribution is 2.25. The molecule has 2 aliphatic heterocycles. The van der Waals surface area contributed by atoms with Crippen LogP contribution in [-0.4, -0.2) is 42.1 Å². The van der Waals surface area contributed by atoms with Crippen molar-refractivity contribution in [1.29, 1.82) is 0 Å². The number of hydrogen-bond donors (Lipinski definition) is 1. The molecule has 0 spiro atoms. The third kappa shape index (κ3) is 4.89. The van der Waals surface area contributed by atoms with Gasteiger partial charge in [0.25, 0.3) is 5.91 Å². The number of benzene rings is 1. The quantitative estimate of drug-likeness (QED) is 0.889. The Morgan fingerprint density at radius 3 is 2.44 bits per heavy atom. The molecule has 4 nitrogen and oxygen atoms in total. The minimum Gasteiger partial charge on any atom is -0.481 e. The molecule has 1 amide bonds. The van der Waals surface area contributed by atoms with Crippen molar-refractivity contribution in [3.63, 3.8) is 0 Å². The van der Waals surface area contributed by atoms with Gasteiger partial charge in [-0.05, 0) is 49.3 Å². The first kappa shape index (κ1) is 20.1. The van der Waals surface area contributed by atoms with E-state index in [0.717, 1.165) is 25.3 Å². The van der Waals surface area contributed by atoms with Gasteiger partial charge in [-0.15, -0.1) is 12.4 Å². The lowest BCUT2D eigenvalue weighted by Crippen LogP contribution is -2.44. The van der Waals surface area contributed by atoms with Gasteiger partial charge in [-0.2, -0.15) is 0 Å². The second-order valence-electron chi connectivity index (χ2n) is 8.25. The Kier molecular flexibility index (Phi) is 6.39. The molecule has 3 unspecified atom stereocenters. The number of amides is 1. The van der Waals surface area contributed by atoms with Crippen molar-refractivity contribution < 1.29 is 9.53 Å². The molecule has 0 aliphatic carbocycles. The SMILES string of the molecule is CC(Oc1ccc(C(C)(C)C)cc1)C(=O)N1CCC2CCC(C1)N2.Cl. The van der Waals surface area contributed by atoms with Gasteiger partial charge in [-0.25, -0.2) is 0 Å². The maximum Gasteiger partial charge on any atom is 0.263 e. The molecule has 2 heterocycles. The summed E-state index contributed by atoms with van der Waals surface area (Å²) in [5, 5.41) is 3.61. The molecule has 1 aromatic carbocycles. The molecular weight excluding hydrogens is 336 g/mol. The fraction of sp³-hybridized carbons (Fsp3) is 0.650. The van der Waals surface area contributed by atoms with E-state index < -0.39 is 6.10 Å². The highest BCUT2D eigenvalue weighted by Gasteiger charge is 2.33. The van der Waals surface area contributed by atoms with Gasteiger partial charge in [0.15, 0.2) is 6.10 Å². The van der Waals surface area contributed by atoms with Gasteiger partial charge >= 0.3 is 0 Å². The molecule has 1 N–H and O–H groups in total. The van der Waals surface area contributed by atoms with Crippen LogP contribution in [0.4, 0.5) is 0 Å². The van der Waals surface area contributed by atoms with E-state index in [1.54, 1.807) is 0 Å². The summed E-state index contributed by atoms with van der Waals surface area (Å²) in [6.45, 7) is 10.1. The second kappa shape index (κ2) is 7.96. The molecule has 25 heavy (non-hydrogen) atoms. The third-order valence-electron chi connectivity index (χ3n) is 5.22. The number of nitrogens with one attached hydrogen (secondary N) is 1. The zero-order valence-corrected chi connectivity index (χ0v) is 16.6. The summed E-state index contributed by atoms with van der Waals surface area (Å²) in [5.41, 5.74) is 1.39. The lowest BCUT2D eigenvalue weighted by molar-refractivity contribution is -0.138. The average molecular weight is 367 g/mol. The predicted octanol–water partition coefficient (Wildman–Crippen LogP) is 3.53. The largest absolute Gasteiger partial charge is 0.481 e. The molecule has 1 aromatic rings. The standard InChI is InChI=1S/C20H30N2O2.ClH/c1-14(24-18-9-5-15(6-10-18)20(2,3)4)19(23)22-12-11-16-7-8-17(13-22)21-16;/h5-6,9-10,14,16-17,21H,7-8,11-13H2,1-4H3;1H. The van der Waals surface area contributed by atoms with Crippen molar-refractivity contribution in [1.82, 2.24) is 10.2 Å². The Bertz CT molecular complexity index is 582. The van der Waals surface area contributed by atoms with Crippen LogP contribution in [0, 0.1) is 0 Å². The summed E-state index contributed by atoms with van der Waals surface area (Å²) in [5.74, 6) is 0.863. The van der Waals surface area contributed by atoms with Gasteiger partial charge in [0.05, 0.1) is 0 Å². The number of rotatable bonds is 3. The molecule has 0 aromatic heterocycles. The summed E-state index contributed by atoms with van der Waals surface area (Å²) in [6.07, 6.45) is 3.04. The van der Waals surface area contributed by atoms with E-state index in [1.807, 2.05) is 24.0 Å². The average Bonchev–Trinajstić information content (AvgIpc) is 2.85. The van der Waals surface area contributed by atoms with Crippen molar-refractivity contribution in [2.24, 2.45) is 0 Å². The minimum atomic E-state index is -0.442. The van der Waals surface area contributed by atoms with Crippen LogP contribution in [0.3, 0.4) is 0 Å². The lowest BCUT2D eigenvalue weighted by atomic mass is 9.87. The van der Waals surface area contributed by atoms with E-state index in [2.05, 4.69) is 38.2 Å². The number of hydrogen-bond acceptors (Lipinski definition) is 3. The first-order valence-corrected chi connectivity index (χ1v) is 9.15. The monoisotopic (exact) mass is 366 g/mol. The molecular formula is C20H31ClN2O2. The zero-order chi connectivity index (χ0) is 17.3. The molecule has 2 fully saturated rings. The molecule has 3 rings (SSSR count). The fourth-order valence-electron chi connectivity index (χ4n) is 3.69. The molecule has 0 saturated carbocycles. The normalized spacial score (nSPS) is 24.2. The van der Waals surface area contributed by atoms with Crippen LogP contribution in [0.25, 0.3) is 0 Å². The number of likely N-dealkylation sites (tertiary alicyclic amines) is 1. The first-order valence-electron chi connectivity index (χ1n) is 9.15. The van der Waals surface area contributed by atoms with Crippen LogP contribution in [0.5, 0.6) is 5.75 Å². The van der Waals surface area contributed by atoms with Crippen LogP contribution in [0.15, 0.2) is 24.3 Å². The van der Waals surface area contributed by atoms with Crippen molar-refractivity contribution >= 4 is 18.3 Å². The Labute approximate surface area is 157 Å². The Morgan fingerprint density at radius 1 is 1.16 bits per heavy atom. The molecule has 2 aliphatic rings. The Balaban J connectivity index is 0.00000225. The summed E-state index contributed by atoms with van der Waals surface area (Å²) >= 11 is 0. The second-order valence-corrected chi connectivity index (χ2v) is 8.25. The summed E-state index contributed by atoms with van der Waals surface area (Å²) in [7, 11) is 0.